The zero-order chi connectivity index (χ0) is 26.1. The number of hydrogen-bond acceptors (Lipinski definition) is 5. The van der Waals surface area contributed by atoms with Gasteiger partial charge in [-0.1, -0.05) is 24.0 Å². The summed E-state index contributed by atoms with van der Waals surface area (Å²) >= 11 is 0. The number of carbonyl (C=O) groups excluding carboxylic acids is 2. The van der Waals surface area contributed by atoms with Crippen LogP contribution in [-0.2, 0) is 11.3 Å². The van der Waals surface area contributed by atoms with Gasteiger partial charge in [0.05, 0.1) is 6.33 Å². The van der Waals surface area contributed by atoms with Gasteiger partial charge in [-0.05, 0) is 60.7 Å². The highest BCUT2D eigenvalue weighted by Crippen LogP contribution is 2.20. The molecule has 0 aliphatic heterocycles. The zero-order valence-corrected chi connectivity index (χ0v) is 19.1. The Labute approximate surface area is 205 Å². The van der Waals surface area contributed by atoms with Crippen LogP contribution in [0.4, 0.5) is 8.78 Å². The zero-order valence-electron chi connectivity index (χ0n) is 19.1. The summed E-state index contributed by atoms with van der Waals surface area (Å²) < 4.78 is 28.2. The molecule has 0 bridgehead atoms. The lowest BCUT2D eigenvalue weighted by Gasteiger charge is -2.30. The fraction of sp³-hybridized carbons (Fsp3) is 0.192. The van der Waals surface area contributed by atoms with Crippen molar-refractivity contribution in [2.45, 2.75) is 31.5 Å². The molecule has 1 heterocycles. The van der Waals surface area contributed by atoms with Crippen molar-refractivity contribution in [2.24, 2.45) is 0 Å². The van der Waals surface area contributed by atoms with Gasteiger partial charge in [0.2, 0.25) is 0 Å². The number of hydroxylamine groups is 1. The Morgan fingerprint density at radius 1 is 1.06 bits per heavy atom. The molecule has 2 unspecified atom stereocenters. The third-order valence-corrected chi connectivity index (χ3v) is 5.18. The summed E-state index contributed by atoms with van der Waals surface area (Å²) in [6.45, 7) is 1.38. The van der Waals surface area contributed by atoms with Crippen molar-refractivity contribution in [2.75, 3.05) is 0 Å². The van der Waals surface area contributed by atoms with E-state index in [9.17, 15) is 23.5 Å². The molecular formula is C26H22F2N4O4. The summed E-state index contributed by atoms with van der Waals surface area (Å²) in [7, 11) is 0. The average molecular weight is 492 g/mol. The van der Waals surface area contributed by atoms with Crippen molar-refractivity contribution < 1.29 is 28.7 Å². The molecule has 2 atom stereocenters. The van der Waals surface area contributed by atoms with E-state index in [4.69, 9.17) is 5.21 Å². The molecule has 10 heteroatoms. The molecule has 4 N–H and O–H groups in total. The van der Waals surface area contributed by atoms with E-state index in [0.29, 0.717) is 19.0 Å². The number of hydrogen-bond donors (Lipinski definition) is 4. The Bertz CT molecular complexity index is 1310. The van der Waals surface area contributed by atoms with Crippen molar-refractivity contribution in [1.82, 2.24) is 20.3 Å². The van der Waals surface area contributed by atoms with Gasteiger partial charge < -0.3 is 15.0 Å². The minimum Gasteiger partial charge on any atom is -0.381 e. The number of alkyl halides is 2. The Morgan fingerprint density at radius 2 is 1.64 bits per heavy atom. The van der Waals surface area contributed by atoms with E-state index in [0.717, 1.165) is 16.6 Å². The number of carbonyl (C=O) groups is 2. The first-order valence-electron chi connectivity index (χ1n) is 10.6. The molecule has 0 aliphatic carbocycles. The maximum Gasteiger partial charge on any atom is 0.269 e. The van der Waals surface area contributed by atoms with Gasteiger partial charge in [-0.15, -0.1) is 0 Å². The van der Waals surface area contributed by atoms with E-state index in [1.165, 1.54) is 24.3 Å². The molecule has 184 valence electrons. The molecule has 3 aromatic rings. The lowest BCUT2D eigenvalue weighted by Crippen LogP contribution is -2.61. The van der Waals surface area contributed by atoms with Crippen LogP contribution < -0.4 is 10.8 Å². The van der Waals surface area contributed by atoms with Crippen molar-refractivity contribution in [1.29, 1.82) is 0 Å². The Kier molecular flexibility index (Phi) is 8.52. The molecule has 3 rings (SSSR count). The van der Waals surface area contributed by atoms with Gasteiger partial charge in [-0.2, -0.15) is 0 Å². The van der Waals surface area contributed by atoms with Crippen molar-refractivity contribution in [3.63, 3.8) is 0 Å². The van der Waals surface area contributed by atoms with Crippen molar-refractivity contribution in [3.8, 4) is 23.7 Å². The van der Waals surface area contributed by atoms with Crippen LogP contribution in [-0.4, -0.2) is 49.7 Å². The molecular weight excluding hydrogens is 470 g/mol. The number of amides is 2. The van der Waals surface area contributed by atoms with Gasteiger partial charge in [0.15, 0.2) is 5.60 Å². The van der Waals surface area contributed by atoms with Gasteiger partial charge in [-0.3, -0.25) is 14.8 Å². The standard InChI is InChI=1S/C26H22F2N4O4/c1-26(35,25(27)28)22(24(34)31-36)30-23(33)21-12-10-19(11-13-21)5-3-2-4-18-6-8-20(9-7-18)16-32-15-14-29-17-32/h6-15,17,22,25,35-36H,16H2,1H3,(H,30,33)(H,31,34). The van der Waals surface area contributed by atoms with Gasteiger partial charge in [0.25, 0.3) is 18.2 Å². The molecule has 0 saturated carbocycles. The van der Waals surface area contributed by atoms with Gasteiger partial charge in [0, 0.05) is 35.6 Å². The largest absolute Gasteiger partial charge is 0.381 e. The number of nitrogens with zero attached hydrogens (tertiary/aromatic N) is 2. The molecule has 0 fully saturated rings. The van der Waals surface area contributed by atoms with Crippen LogP contribution in [0.15, 0.2) is 67.3 Å². The van der Waals surface area contributed by atoms with Crippen LogP contribution in [0.1, 0.15) is 34.0 Å². The maximum absolute atomic E-state index is 13.1. The van der Waals surface area contributed by atoms with Gasteiger partial charge in [-0.25, -0.2) is 19.2 Å². The third kappa shape index (κ3) is 6.76. The fourth-order valence-electron chi connectivity index (χ4n) is 3.08. The van der Waals surface area contributed by atoms with Crippen LogP contribution in [0.25, 0.3) is 0 Å². The van der Waals surface area contributed by atoms with E-state index in [2.05, 4.69) is 28.7 Å². The van der Waals surface area contributed by atoms with Crippen molar-refractivity contribution in [3.05, 3.63) is 89.5 Å². The monoisotopic (exact) mass is 492 g/mol. The topological polar surface area (TPSA) is 116 Å². The lowest BCUT2D eigenvalue weighted by atomic mass is 9.95. The fourth-order valence-corrected chi connectivity index (χ4v) is 3.08. The molecule has 2 aromatic carbocycles. The van der Waals surface area contributed by atoms with Crippen LogP contribution in [0.5, 0.6) is 0 Å². The summed E-state index contributed by atoms with van der Waals surface area (Å²) in [5, 5.41) is 20.7. The highest BCUT2D eigenvalue weighted by atomic mass is 19.3. The number of aliphatic hydroxyl groups is 1. The number of rotatable bonds is 7. The Morgan fingerprint density at radius 3 is 2.14 bits per heavy atom. The molecule has 8 nitrogen and oxygen atoms in total. The summed E-state index contributed by atoms with van der Waals surface area (Å²) in [4.78, 5) is 28.1. The van der Waals surface area contributed by atoms with Crippen molar-refractivity contribution >= 4 is 11.8 Å². The first-order valence-corrected chi connectivity index (χ1v) is 10.6. The highest BCUT2D eigenvalue weighted by Gasteiger charge is 2.46. The second kappa shape index (κ2) is 11.8. The quantitative estimate of drug-likeness (QED) is 0.229. The number of halogens is 2. The first-order chi connectivity index (χ1) is 17.2. The Hall–Kier alpha value is -4.51. The minimum atomic E-state index is -3.36. The molecule has 0 spiro atoms. The second-order valence-corrected chi connectivity index (χ2v) is 7.92. The SMILES string of the molecule is CC(O)(C(F)F)C(NC(=O)c1ccc(C#CC#Cc2ccc(Cn3ccnc3)cc2)cc1)C(=O)NO. The van der Waals surface area contributed by atoms with Gasteiger partial charge >= 0.3 is 0 Å². The summed E-state index contributed by atoms with van der Waals surface area (Å²) in [6, 6.07) is 11.4. The summed E-state index contributed by atoms with van der Waals surface area (Å²) in [6.07, 6.45) is 1.98. The van der Waals surface area contributed by atoms with E-state index in [1.807, 2.05) is 40.3 Å². The number of imidazole rings is 1. The lowest BCUT2D eigenvalue weighted by molar-refractivity contribution is -0.149. The predicted octanol–water partition coefficient (Wildman–Crippen LogP) is 1.95. The van der Waals surface area contributed by atoms with E-state index in [-0.39, 0.29) is 5.56 Å². The highest BCUT2D eigenvalue weighted by molar-refractivity contribution is 5.97. The third-order valence-electron chi connectivity index (χ3n) is 5.18. The normalized spacial score (nSPS) is 12.8. The average Bonchev–Trinajstić information content (AvgIpc) is 3.38. The number of aromatic nitrogens is 2. The van der Waals surface area contributed by atoms with Crippen LogP contribution in [0, 0.1) is 23.7 Å². The smallest absolute Gasteiger partial charge is 0.269 e. The van der Waals surface area contributed by atoms with E-state index >= 15 is 0 Å². The number of nitrogens with one attached hydrogen (secondary N) is 2. The molecule has 0 aliphatic rings. The summed E-state index contributed by atoms with van der Waals surface area (Å²) in [5.41, 5.74) is 0.730. The van der Waals surface area contributed by atoms with E-state index < -0.39 is 29.9 Å². The maximum atomic E-state index is 13.1. The van der Waals surface area contributed by atoms with Crippen LogP contribution in [0.2, 0.25) is 0 Å². The molecule has 36 heavy (non-hydrogen) atoms. The first kappa shape index (κ1) is 26.1. The molecule has 0 saturated heterocycles. The van der Waals surface area contributed by atoms with Crippen LogP contribution >= 0.6 is 0 Å². The number of benzene rings is 2. The Balaban J connectivity index is 1.62. The second-order valence-electron chi connectivity index (χ2n) is 7.92. The van der Waals surface area contributed by atoms with E-state index in [1.54, 1.807) is 12.5 Å². The minimum absolute atomic E-state index is 0.0308. The summed E-state index contributed by atoms with van der Waals surface area (Å²) in [5.74, 6) is 8.95. The molecule has 1 aromatic heterocycles. The molecule has 0 radical (unpaired) electrons. The van der Waals surface area contributed by atoms with Crippen LogP contribution in [0.3, 0.4) is 0 Å². The molecule has 2 amide bonds. The predicted molar refractivity (Wildman–Crippen MR) is 126 cm³/mol. The van der Waals surface area contributed by atoms with Gasteiger partial charge in [0.1, 0.15) is 6.04 Å².